The topological polar surface area (TPSA) is 78.9 Å². The van der Waals surface area contributed by atoms with Crippen LogP contribution in [0.1, 0.15) is 234 Å². The van der Waals surface area contributed by atoms with Crippen molar-refractivity contribution in [3.63, 3.8) is 0 Å². The summed E-state index contributed by atoms with van der Waals surface area (Å²) >= 11 is 0. The molecule has 6 heteroatoms. The minimum absolute atomic E-state index is 0.0670. The molecule has 1 unspecified atom stereocenters. The Hall–Kier alpha value is -1.59. The van der Waals surface area contributed by atoms with Gasteiger partial charge < -0.3 is 14.2 Å². The molecule has 0 amide bonds. The average Bonchev–Trinajstić information content (AvgIpc) is 3.09. The van der Waals surface area contributed by atoms with Crippen LogP contribution in [0.5, 0.6) is 0 Å². The fourth-order valence-corrected chi connectivity index (χ4v) is 6.37. The van der Waals surface area contributed by atoms with Gasteiger partial charge in [0.2, 0.25) is 0 Å². The maximum absolute atomic E-state index is 12.7. The van der Waals surface area contributed by atoms with E-state index in [2.05, 4.69) is 34.6 Å². The first-order valence-electron chi connectivity index (χ1n) is 21.8. The van der Waals surface area contributed by atoms with Gasteiger partial charge in [-0.1, -0.05) is 195 Å². The Morgan fingerprint density at radius 3 is 1.14 bits per heavy atom. The highest BCUT2D eigenvalue weighted by atomic mass is 16.6. The fourth-order valence-electron chi connectivity index (χ4n) is 6.37. The molecule has 0 heterocycles. The lowest BCUT2D eigenvalue weighted by atomic mass is 10.00. The van der Waals surface area contributed by atoms with E-state index in [1.54, 1.807) is 0 Å². The minimum atomic E-state index is -0.760. The summed E-state index contributed by atoms with van der Waals surface area (Å²) in [5.74, 6) is 0.710. The molecule has 0 aromatic heterocycles. The van der Waals surface area contributed by atoms with Crippen LogP contribution in [0.25, 0.3) is 0 Å². The van der Waals surface area contributed by atoms with Gasteiger partial charge in [-0.05, 0) is 31.1 Å². The van der Waals surface area contributed by atoms with Crippen LogP contribution in [0.3, 0.4) is 0 Å². The number of esters is 3. The third-order valence-electron chi connectivity index (χ3n) is 10.1. The van der Waals surface area contributed by atoms with Crippen molar-refractivity contribution >= 4 is 17.9 Å². The average molecular weight is 709 g/mol. The van der Waals surface area contributed by atoms with Gasteiger partial charge in [-0.15, -0.1) is 0 Å². The minimum Gasteiger partial charge on any atom is -0.462 e. The number of unbranched alkanes of at least 4 members (excludes halogenated alkanes) is 22. The summed E-state index contributed by atoms with van der Waals surface area (Å²) in [4.78, 5) is 37.6. The van der Waals surface area contributed by atoms with Crippen LogP contribution in [0.15, 0.2) is 0 Å². The number of carbonyl (C=O) groups excluding carboxylic acids is 3. The molecule has 0 aliphatic heterocycles. The summed E-state index contributed by atoms with van der Waals surface area (Å²) in [6, 6.07) is 0. The fraction of sp³-hybridized carbons (Fsp3) is 0.932. The molecule has 0 N–H and O–H groups in total. The Morgan fingerprint density at radius 1 is 0.420 bits per heavy atom. The largest absolute Gasteiger partial charge is 0.462 e. The van der Waals surface area contributed by atoms with E-state index in [-0.39, 0.29) is 31.1 Å². The molecule has 0 rings (SSSR count). The molecule has 0 aromatic carbocycles. The van der Waals surface area contributed by atoms with Gasteiger partial charge >= 0.3 is 17.9 Å². The molecule has 50 heavy (non-hydrogen) atoms. The standard InChI is InChI=1S/C44H84O6/c1-6-8-9-10-11-12-13-14-15-16-17-26-31-36-44(47)50-41(37-48-42(45)34-29-24-20-18-22-27-32-39(3)4)38-49-43(46)35-30-25-21-19-23-28-33-40(5)7-2/h39-41H,6-38H2,1-5H3/t40?,41-/m1/s1. The van der Waals surface area contributed by atoms with Gasteiger partial charge in [0.1, 0.15) is 13.2 Å². The molecule has 0 bridgehead atoms. The van der Waals surface area contributed by atoms with Crippen molar-refractivity contribution in [3.8, 4) is 0 Å². The van der Waals surface area contributed by atoms with Crippen molar-refractivity contribution in [2.24, 2.45) is 11.8 Å². The van der Waals surface area contributed by atoms with Crippen LogP contribution in [-0.4, -0.2) is 37.2 Å². The van der Waals surface area contributed by atoms with E-state index >= 15 is 0 Å². The lowest BCUT2D eigenvalue weighted by Crippen LogP contribution is -2.30. The van der Waals surface area contributed by atoms with Crippen molar-refractivity contribution in [1.29, 1.82) is 0 Å². The van der Waals surface area contributed by atoms with Crippen LogP contribution in [-0.2, 0) is 28.6 Å². The van der Waals surface area contributed by atoms with Gasteiger partial charge in [-0.3, -0.25) is 14.4 Å². The first kappa shape index (κ1) is 48.4. The molecule has 0 spiro atoms. The summed E-state index contributed by atoms with van der Waals surface area (Å²) in [5.41, 5.74) is 0. The maximum Gasteiger partial charge on any atom is 0.306 e. The molecule has 0 aliphatic carbocycles. The quantitative estimate of drug-likeness (QED) is 0.0361. The second kappa shape index (κ2) is 37.2. The van der Waals surface area contributed by atoms with E-state index < -0.39 is 6.10 Å². The molecule has 0 saturated carbocycles. The zero-order valence-corrected chi connectivity index (χ0v) is 34.0. The predicted octanol–water partition coefficient (Wildman–Crippen LogP) is 13.4. The van der Waals surface area contributed by atoms with E-state index in [0.29, 0.717) is 19.3 Å². The van der Waals surface area contributed by atoms with E-state index in [4.69, 9.17) is 14.2 Å². The van der Waals surface area contributed by atoms with Gasteiger partial charge in [-0.2, -0.15) is 0 Å². The molecule has 296 valence electrons. The molecule has 0 saturated heterocycles. The van der Waals surface area contributed by atoms with E-state index in [9.17, 15) is 14.4 Å². The Kier molecular flexibility index (Phi) is 36.0. The highest BCUT2D eigenvalue weighted by Crippen LogP contribution is 2.16. The van der Waals surface area contributed by atoms with Crippen LogP contribution in [0, 0.1) is 11.8 Å². The van der Waals surface area contributed by atoms with Crippen LogP contribution >= 0.6 is 0 Å². The number of rotatable bonds is 38. The number of carbonyl (C=O) groups is 3. The zero-order valence-electron chi connectivity index (χ0n) is 34.0. The monoisotopic (exact) mass is 709 g/mol. The first-order chi connectivity index (χ1) is 24.3. The SMILES string of the molecule is CCCCCCCCCCCCCCCC(=O)O[C@H](COC(=O)CCCCCCCCC(C)C)COC(=O)CCCCCCCCC(C)CC. The number of hydrogen-bond donors (Lipinski definition) is 0. The van der Waals surface area contributed by atoms with Crippen molar-refractivity contribution < 1.29 is 28.6 Å². The summed E-state index contributed by atoms with van der Waals surface area (Å²) in [6.45, 7) is 11.2. The number of ether oxygens (including phenoxy) is 3. The lowest BCUT2D eigenvalue weighted by Gasteiger charge is -2.18. The van der Waals surface area contributed by atoms with E-state index in [1.165, 1.54) is 122 Å². The second-order valence-electron chi connectivity index (χ2n) is 15.7. The summed E-state index contributed by atoms with van der Waals surface area (Å²) < 4.78 is 16.7. The zero-order chi connectivity index (χ0) is 36.9. The van der Waals surface area contributed by atoms with Crippen LogP contribution in [0.4, 0.5) is 0 Å². The summed E-state index contributed by atoms with van der Waals surface area (Å²) in [7, 11) is 0. The second-order valence-corrected chi connectivity index (χ2v) is 15.7. The molecular weight excluding hydrogens is 624 g/mol. The van der Waals surface area contributed by atoms with Gasteiger partial charge in [0, 0.05) is 19.3 Å². The maximum atomic E-state index is 12.7. The third kappa shape index (κ3) is 36.2. The Labute approximate surface area is 310 Å². The van der Waals surface area contributed by atoms with E-state index in [1.807, 2.05) is 0 Å². The highest BCUT2D eigenvalue weighted by molar-refractivity contribution is 5.71. The third-order valence-corrected chi connectivity index (χ3v) is 10.1. The Morgan fingerprint density at radius 2 is 0.760 bits per heavy atom. The molecular formula is C44H84O6. The van der Waals surface area contributed by atoms with Crippen molar-refractivity contribution in [2.45, 2.75) is 240 Å². The highest BCUT2D eigenvalue weighted by Gasteiger charge is 2.19. The normalized spacial score (nSPS) is 12.6. The van der Waals surface area contributed by atoms with Gasteiger partial charge in [0.05, 0.1) is 0 Å². The summed E-state index contributed by atoms with van der Waals surface area (Å²) in [6.07, 6.45) is 33.8. The number of hydrogen-bond acceptors (Lipinski definition) is 6. The molecule has 6 nitrogen and oxygen atoms in total. The van der Waals surface area contributed by atoms with Crippen molar-refractivity contribution in [2.75, 3.05) is 13.2 Å². The smallest absolute Gasteiger partial charge is 0.306 e. The Bertz CT molecular complexity index is 766. The summed E-state index contributed by atoms with van der Waals surface area (Å²) in [5, 5.41) is 0. The first-order valence-corrected chi connectivity index (χ1v) is 21.8. The Balaban J connectivity index is 4.35. The predicted molar refractivity (Wildman–Crippen MR) is 210 cm³/mol. The molecule has 2 atom stereocenters. The lowest BCUT2D eigenvalue weighted by molar-refractivity contribution is -0.167. The molecule has 0 aliphatic rings. The van der Waals surface area contributed by atoms with Gasteiger partial charge in [0.25, 0.3) is 0 Å². The van der Waals surface area contributed by atoms with Gasteiger partial charge in [-0.25, -0.2) is 0 Å². The van der Waals surface area contributed by atoms with Crippen LogP contribution in [0.2, 0.25) is 0 Å². The van der Waals surface area contributed by atoms with Crippen molar-refractivity contribution in [3.05, 3.63) is 0 Å². The van der Waals surface area contributed by atoms with Crippen molar-refractivity contribution in [1.82, 2.24) is 0 Å². The molecule has 0 aromatic rings. The van der Waals surface area contributed by atoms with Crippen LogP contribution < -0.4 is 0 Å². The van der Waals surface area contributed by atoms with Gasteiger partial charge in [0.15, 0.2) is 6.10 Å². The molecule has 0 radical (unpaired) electrons. The van der Waals surface area contributed by atoms with E-state index in [0.717, 1.165) is 69.6 Å². The molecule has 0 fully saturated rings.